The molecule has 0 aliphatic heterocycles. The highest BCUT2D eigenvalue weighted by Crippen LogP contribution is 2.28. The predicted octanol–water partition coefficient (Wildman–Crippen LogP) is 3.79. The van der Waals surface area contributed by atoms with Crippen LogP contribution < -0.4 is 9.46 Å². The Morgan fingerprint density at radius 1 is 1.24 bits per heavy atom. The highest BCUT2D eigenvalue weighted by molar-refractivity contribution is 9.10. The number of halogens is 2. The van der Waals surface area contributed by atoms with Crippen LogP contribution in [0.25, 0.3) is 0 Å². The number of benzene rings is 2. The molecule has 0 unspecified atom stereocenters. The zero-order chi connectivity index (χ0) is 15.5. The van der Waals surface area contributed by atoms with E-state index in [4.69, 9.17) is 4.74 Å². The zero-order valence-corrected chi connectivity index (χ0v) is 13.5. The van der Waals surface area contributed by atoms with E-state index in [1.165, 1.54) is 24.3 Å². The smallest absolute Gasteiger partial charge is 0.262 e. The largest absolute Gasteiger partial charge is 0.492 e. The minimum Gasteiger partial charge on any atom is -0.492 e. The number of nitrogens with one attached hydrogen (secondary N) is 1. The fourth-order valence-electron chi connectivity index (χ4n) is 1.69. The van der Waals surface area contributed by atoms with E-state index in [-0.39, 0.29) is 16.3 Å². The lowest BCUT2D eigenvalue weighted by atomic mass is 10.3. The lowest BCUT2D eigenvalue weighted by molar-refractivity contribution is 0.340. The van der Waals surface area contributed by atoms with Crippen molar-refractivity contribution in [1.29, 1.82) is 0 Å². The van der Waals surface area contributed by atoms with Crippen molar-refractivity contribution in [2.45, 2.75) is 11.8 Å². The quantitative estimate of drug-likeness (QED) is 0.867. The number of hydrogen-bond acceptors (Lipinski definition) is 3. The summed E-state index contributed by atoms with van der Waals surface area (Å²) in [5.74, 6) is -0.347. The van der Waals surface area contributed by atoms with Crippen molar-refractivity contribution in [3.05, 3.63) is 52.8 Å². The molecule has 0 saturated carbocycles. The topological polar surface area (TPSA) is 55.4 Å². The van der Waals surface area contributed by atoms with Crippen LogP contribution in [0.4, 0.5) is 10.1 Å². The molecule has 0 saturated heterocycles. The summed E-state index contributed by atoms with van der Waals surface area (Å²) in [4.78, 5) is 0.101. The Morgan fingerprint density at radius 3 is 2.67 bits per heavy atom. The van der Waals surface area contributed by atoms with Gasteiger partial charge < -0.3 is 4.74 Å². The van der Waals surface area contributed by atoms with Crippen LogP contribution in [0.1, 0.15) is 6.92 Å². The SMILES string of the molecule is CCOc1cc(F)ccc1NS(=O)(=O)c1cccc(Br)c1. The standard InChI is InChI=1S/C14H13BrFNO3S/c1-2-20-14-9-11(16)6-7-13(14)17-21(18,19)12-5-3-4-10(15)8-12/h3-9,17H,2H2,1H3. The van der Waals surface area contributed by atoms with Crippen molar-refractivity contribution in [2.75, 3.05) is 11.3 Å². The van der Waals surface area contributed by atoms with Crippen molar-refractivity contribution < 1.29 is 17.5 Å². The molecular weight excluding hydrogens is 361 g/mol. The van der Waals surface area contributed by atoms with Crippen molar-refractivity contribution in [3.63, 3.8) is 0 Å². The second-order valence-electron chi connectivity index (χ2n) is 4.14. The minimum atomic E-state index is -3.77. The van der Waals surface area contributed by atoms with Crippen molar-refractivity contribution in [3.8, 4) is 5.75 Å². The van der Waals surface area contributed by atoms with E-state index in [2.05, 4.69) is 20.7 Å². The summed E-state index contributed by atoms with van der Waals surface area (Å²) >= 11 is 3.22. The van der Waals surface area contributed by atoms with E-state index in [9.17, 15) is 12.8 Å². The fraction of sp³-hybridized carbons (Fsp3) is 0.143. The van der Waals surface area contributed by atoms with Crippen LogP contribution in [0, 0.1) is 5.82 Å². The monoisotopic (exact) mass is 373 g/mol. The van der Waals surface area contributed by atoms with Crippen LogP contribution in [0.3, 0.4) is 0 Å². The molecule has 4 nitrogen and oxygen atoms in total. The normalized spacial score (nSPS) is 11.2. The average molecular weight is 374 g/mol. The molecule has 0 aromatic heterocycles. The van der Waals surface area contributed by atoms with Gasteiger partial charge in [0.2, 0.25) is 0 Å². The molecule has 7 heteroatoms. The number of rotatable bonds is 5. The van der Waals surface area contributed by atoms with Crippen LogP contribution in [-0.4, -0.2) is 15.0 Å². The minimum absolute atomic E-state index is 0.101. The van der Waals surface area contributed by atoms with E-state index >= 15 is 0 Å². The van der Waals surface area contributed by atoms with Gasteiger partial charge in [-0.15, -0.1) is 0 Å². The molecule has 21 heavy (non-hydrogen) atoms. The molecule has 1 N–H and O–H groups in total. The van der Waals surface area contributed by atoms with Gasteiger partial charge in [-0.1, -0.05) is 22.0 Å². The molecule has 0 amide bonds. The Morgan fingerprint density at radius 2 is 2.00 bits per heavy atom. The Hall–Kier alpha value is -1.60. The van der Waals surface area contributed by atoms with E-state index < -0.39 is 15.8 Å². The lowest BCUT2D eigenvalue weighted by Crippen LogP contribution is -2.14. The van der Waals surface area contributed by atoms with Crippen LogP contribution in [0.5, 0.6) is 5.75 Å². The maximum atomic E-state index is 13.2. The summed E-state index contributed by atoms with van der Waals surface area (Å²) in [6.07, 6.45) is 0. The second kappa shape index (κ2) is 6.44. The number of hydrogen-bond donors (Lipinski definition) is 1. The molecule has 0 bridgehead atoms. The molecule has 2 aromatic carbocycles. The lowest BCUT2D eigenvalue weighted by Gasteiger charge is -2.13. The number of anilines is 1. The van der Waals surface area contributed by atoms with Crippen LogP contribution >= 0.6 is 15.9 Å². The Bertz CT molecular complexity index is 750. The Labute approximate surface area is 131 Å². The maximum Gasteiger partial charge on any atom is 0.262 e. The summed E-state index contributed by atoms with van der Waals surface area (Å²) in [7, 11) is -3.77. The third-order valence-electron chi connectivity index (χ3n) is 2.59. The molecule has 0 spiro atoms. The van der Waals surface area contributed by atoms with Gasteiger partial charge in [-0.2, -0.15) is 0 Å². The van der Waals surface area contributed by atoms with Crippen LogP contribution in [0.2, 0.25) is 0 Å². The molecule has 112 valence electrons. The second-order valence-corrected chi connectivity index (χ2v) is 6.73. The number of sulfonamides is 1. The summed E-state index contributed by atoms with van der Waals surface area (Å²) in [6.45, 7) is 2.03. The van der Waals surface area contributed by atoms with E-state index in [0.29, 0.717) is 11.1 Å². The van der Waals surface area contributed by atoms with Gasteiger partial charge in [0.1, 0.15) is 11.6 Å². The molecule has 0 aliphatic rings. The molecular formula is C14H13BrFNO3S. The highest BCUT2D eigenvalue weighted by Gasteiger charge is 2.17. The first-order chi connectivity index (χ1) is 9.92. The van der Waals surface area contributed by atoms with Gasteiger partial charge in [-0.3, -0.25) is 4.72 Å². The summed E-state index contributed by atoms with van der Waals surface area (Å²) < 4.78 is 46.1. The van der Waals surface area contributed by atoms with Crippen LogP contribution in [0.15, 0.2) is 51.8 Å². The van der Waals surface area contributed by atoms with Gasteiger partial charge in [0.15, 0.2) is 0 Å². The van der Waals surface area contributed by atoms with Crippen LogP contribution in [-0.2, 0) is 10.0 Å². The van der Waals surface area contributed by atoms with Gasteiger partial charge >= 0.3 is 0 Å². The van der Waals surface area contributed by atoms with Gasteiger partial charge in [0.05, 0.1) is 17.2 Å². The number of ether oxygens (including phenoxy) is 1. The Kier molecular flexibility index (Phi) is 4.84. The highest BCUT2D eigenvalue weighted by atomic mass is 79.9. The molecule has 2 rings (SSSR count). The first kappa shape index (κ1) is 15.8. The van der Waals surface area contributed by atoms with E-state index in [1.54, 1.807) is 19.1 Å². The van der Waals surface area contributed by atoms with Crippen molar-refractivity contribution in [1.82, 2.24) is 0 Å². The van der Waals surface area contributed by atoms with E-state index in [1.807, 2.05) is 0 Å². The Balaban J connectivity index is 2.37. The van der Waals surface area contributed by atoms with Crippen molar-refractivity contribution in [2.24, 2.45) is 0 Å². The van der Waals surface area contributed by atoms with Gasteiger partial charge in [0.25, 0.3) is 10.0 Å². The van der Waals surface area contributed by atoms with Gasteiger partial charge in [-0.05, 0) is 37.3 Å². The van der Waals surface area contributed by atoms with Crippen molar-refractivity contribution >= 4 is 31.6 Å². The third-order valence-corrected chi connectivity index (χ3v) is 4.45. The first-order valence-electron chi connectivity index (χ1n) is 6.13. The molecule has 2 aromatic rings. The summed E-state index contributed by atoms with van der Waals surface area (Å²) in [5.41, 5.74) is 0.193. The predicted molar refractivity (Wildman–Crippen MR) is 82.5 cm³/mol. The first-order valence-corrected chi connectivity index (χ1v) is 8.41. The zero-order valence-electron chi connectivity index (χ0n) is 11.1. The molecule has 0 radical (unpaired) electrons. The molecule has 0 heterocycles. The molecule has 0 aliphatic carbocycles. The molecule has 0 fully saturated rings. The summed E-state index contributed by atoms with van der Waals surface area (Å²) in [5, 5.41) is 0. The third kappa shape index (κ3) is 3.95. The maximum absolute atomic E-state index is 13.2. The average Bonchev–Trinajstić information content (AvgIpc) is 2.42. The van der Waals surface area contributed by atoms with Gasteiger partial charge in [0, 0.05) is 10.5 Å². The fourth-order valence-corrected chi connectivity index (χ4v) is 3.36. The summed E-state index contributed by atoms with van der Waals surface area (Å²) in [6, 6.07) is 9.93. The molecule has 0 atom stereocenters. The van der Waals surface area contributed by atoms with Gasteiger partial charge in [-0.25, -0.2) is 12.8 Å². The van der Waals surface area contributed by atoms with E-state index in [0.717, 1.165) is 6.07 Å².